The molecule has 0 spiro atoms. The summed E-state index contributed by atoms with van der Waals surface area (Å²) in [6.45, 7) is 2.30. The van der Waals surface area contributed by atoms with E-state index < -0.39 is 23.4 Å². The monoisotopic (exact) mass is 354 g/mol. The molecule has 1 aromatic heterocycles. The molecule has 0 bridgehead atoms. The second kappa shape index (κ2) is 7.82. The highest BCUT2D eigenvalue weighted by atomic mass is 32.1. The number of benzene rings is 1. The van der Waals surface area contributed by atoms with Crippen LogP contribution in [-0.4, -0.2) is 22.7 Å². The second-order valence-electron chi connectivity index (χ2n) is 4.99. The van der Waals surface area contributed by atoms with Crippen molar-refractivity contribution in [1.29, 1.82) is 0 Å². The van der Waals surface area contributed by atoms with Crippen LogP contribution in [0.3, 0.4) is 0 Å². The number of nitrogen functional groups attached to an aromatic ring is 1. The molecule has 0 aliphatic rings. The smallest absolute Gasteiger partial charge is 0.273 e. The molecule has 1 heterocycles. The molecule has 128 valence electrons. The van der Waals surface area contributed by atoms with Gasteiger partial charge >= 0.3 is 0 Å². The minimum Gasteiger partial charge on any atom is -0.395 e. The van der Waals surface area contributed by atoms with Crippen molar-refractivity contribution in [3.8, 4) is 0 Å². The Bertz CT molecular complexity index is 744. The van der Waals surface area contributed by atoms with Crippen LogP contribution in [0.1, 0.15) is 39.1 Å². The van der Waals surface area contributed by atoms with Crippen molar-refractivity contribution in [2.24, 2.45) is 0 Å². The molecule has 0 aliphatic heterocycles. The number of halogens is 2. The first-order chi connectivity index (χ1) is 11.4. The van der Waals surface area contributed by atoms with Crippen LogP contribution in [0.15, 0.2) is 18.2 Å². The molecule has 0 fully saturated rings. The lowest BCUT2D eigenvalue weighted by Gasteiger charge is -2.05. The van der Waals surface area contributed by atoms with Crippen molar-refractivity contribution in [1.82, 2.24) is 15.0 Å². The van der Waals surface area contributed by atoms with Crippen molar-refractivity contribution in [2.45, 2.75) is 19.9 Å². The van der Waals surface area contributed by atoms with Gasteiger partial charge in [-0.3, -0.25) is 9.59 Å². The Balaban J connectivity index is 2.05. The molecule has 0 atom stereocenters. The van der Waals surface area contributed by atoms with Crippen LogP contribution >= 0.6 is 11.5 Å². The zero-order valence-electron chi connectivity index (χ0n) is 12.9. The number of aromatic nitrogens is 1. The maximum Gasteiger partial charge on any atom is 0.273 e. The quantitative estimate of drug-likeness (QED) is 0.740. The van der Waals surface area contributed by atoms with E-state index in [9.17, 15) is 18.4 Å². The fourth-order valence-corrected chi connectivity index (χ4v) is 2.64. The highest BCUT2D eigenvalue weighted by Crippen LogP contribution is 2.21. The molecule has 2 rings (SSSR count). The van der Waals surface area contributed by atoms with Gasteiger partial charge in [-0.1, -0.05) is 6.92 Å². The molecule has 0 unspecified atom stereocenters. The molecule has 2 amide bonds. The van der Waals surface area contributed by atoms with Crippen molar-refractivity contribution >= 4 is 29.0 Å². The van der Waals surface area contributed by atoms with Crippen LogP contribution in [0.25, 0.3) is 0 Å². The van der Waals surface area contributed by atoms with E-state index in [2.05, 4.69) is 15.0 Å². The highest BCUT2D eigenvalue weighted by molar-refractivity contribution is 7.09. The maximum atomic E-state index is 13.1. The normalized spacial score (nSPS) is 10.5. The zero-order chi connectivity index (χ0) is 17.7. The molecule has 0 saturated carbocycles. The Kier molecular flexibility index (Phi) is 5.80. The third-order valence-corrected chi connectivity index (χ3v) is 3.92. The molecule has 24 heavy (non-hydrogen) atoms. The van der Waals surface area contributed by atoms with E-state index in [1.807, 2.05) is 6.92 Å². The van der Waals surface area contributed by atoms with E-state index in [0.29, 0.717) is 6.54 Å². The van der Waals surface area contributed by atoms with Crippen LogP contribution in [0.5, 0.6) is 0 Å². The predicted molar refractivity (Wildman–Crippen MR) is 86.7 cm³/mol. The van der Waals surface area contributed by atoms with E-state index >= 15 is 0 Å². The Hall–Kier alpha value is -2.55. The highest BCUT2D eigenvalue weighted by Gasteiger charge is 2.21. The number of hydrogen-bond donors (Lipinski definition) is 3. The average Bonchev–Trinajstić information content (AvgIpc) is 2.91. The van der Waals surface area contributed by atoms with Crippen molar-refractivity contribution in [3.63, 3.8) is 0 Å². The minimum atomic E-state index is -0.730. The number of anilines is 1. The van der Waals surface area contributed by atoms with Crippen LogP contribution in [-0.2, 0) is 6.54 Å². The lowest BCUT2D eigenvalue weighted by Crippen LogP contribution is -2.26. The van der Waals surface area contributed by atoms with Crippen LogP contribution in [0, 0.1) is 11.6 Å². The van der Waals surface area contributed by atoms with Gasteiger partial charge in [0, 0.05) is 19.2 Å². The summed E-state index contributed by atoms with van der Waals surface area (Å²) in [6, 6.07) is 2.97. The number of nitrogens with zero attached hydrogens (tertiary/aromatic N) is 1. The van der Waals surface area contributed by atoms with Crippen molar-refractivity contribution in [2.75, 3.05) is 12.3 Å². The summed E-state index contributed by atoms with van der Waals surface area (Å²) in [6.07, 6.45) is 0.757. The summed E-state index contributed by atoms with van der Waals surface area (Å²) in [5, 5.41) is 5.11. The summed E-state index contributed by atoms with van der Waals surface area (Å²) in [5.41, 5.74) is 6.05. The molecule has 6 nitrogen and oxygen atoms in total. The Morgan fingerprint density at radius 2 is 1.83 bits per heavy atom. The first-order valence-electron chi connectivity index (χ1n) is 7.19. The van der Waals surface area contributed by atoms with E-state index in [1.165, 1.54) is 0 Å². The number of amides is 2. The molecule has 0 saturated heterocycles. The first-order valence-corrected chi connectivity index (χ1v) is 7.96. The van der Waals surface area contributed by atoms with Gasteiger partial charge in [-0.2, -0.15) is 4.37 Å². The molecular formula is C15H16F2N4O2S. The fraction of sp³-hybridized carbons (Fsp3) is 0.267. The van der Waals surface area contributed by atoms with Crippen LogP contribution < -0.4 is 16.4 Å². The van der Waals surface area contributed by atoms with E-state index in [-0.39, 0.29) is 28.4 Å². The minimum absolute atomic E-state index is 0.00426. The standard InChI is InChI=1S/C15H16F2N4O2S/c1-2-3-19-14(22)12-11(18)13(24-21-12)15(23)20-7-8-4-9(16)6-10(17)5-8/h4-6H,2-3,7,18H2,1H3,(H,19,22)(H,20,23). The summed E-state index contributed by atoms with van der Waals surface area (Å²) in [7, 11) is 0. The van der Waals surface area contributed by atoms with Gasteiger partial charge in [0.25, 0.3) is 11.8 Å². The lowest BCUT2D eigenvalue weighted by atomic mass is 10.2. The number of nitrogens with one attached hydrogen (secondary N) is 2. The first kappa shape index (κ1) is 17.8. The third kappa shape index (κ3) is 4.25. The van der Waals surface area contributed by atoms with Gasteiger partial charge in [0.15, 0.2) is 5.69 Å². The predicted octanol–water partition coefficient (Wildman–Crippen LogP) is 2.07. The van der Waals surface area contributed by atoms with Crippen molar-refractivity contribution in [3.05, 3.63) is 46.0 Å². The van der Waals surface area contributed by atoms with Gasteiger partial charge in [-0.05, 0) is 35.6 Å². The Labute approximate surface area is 141 Å². The molecule has 1 aromatic carbocycles. The topological polar surface area (TPSA) is 97.1 Å². The number of hydrogen-bond acceptors (Lipinski definition) is 5. The Morgan fingerprint density at radius 3 is 2.46 bits per heavy atom. The second-order valence-corrected chi connectivity index (χ2v) is 5.76. The summed E-state index contributed by atoms with van der Waals surface area (Å²) in [4.78, 5) is 24.0. The average molecular weight is 354 g/mol. The molecule has 2 aromatic rings. The molecule has 9 heteroatoms. The van der Waals surface area contributed by atoms with Gasteiger partial charge in [-0.25, -0.2) is 8.78 Å². The summed E-state index contributed by atoms with van der Waals surface area (Å²) in [5.74, 6) is -2.47. The van der Waals surface area contributed by atoms with Gasteiger partial charge in [-0.15, -0.1) is 0 Å². The van der Waals surface area contributed by atoms with Gasteiger partial charge in [0.05, 0.1) is 5.69 Å². The zero-order valence-corrected chi connectivity index (χ0v) is 13.7. The number of carbonyl (C=O) groups excluding carboxylic acids is 2. The summed E-state index contributed by atoms with van der Waals surface area (Å²) < 4.78 is 30.1. The maximum absolute atomic E-state index is 13.1. The Morgan fingerprint density at radius 1 is 1.17 bits per heavy atom. The number of carbonyl (C=O) groups is 2. The summed E-state index contributed by atoms with van der Waals surface area (Å²) >= 11 is 0.791. The molecule has 4 N–H and O–H groups in total. The van der Waals surface area contributed by atoms with E-state index in [1.54, 1.807) is 0 Å². The van der Waals surface area contributed by atoms with Crippen LogP contribution in [0.4, 0.5) is 14.5 Å². The molecular weight excluding hydrogens is 338 g/mol. The number of nitrogens with two attached hydrogens (primary N) is 1. The SMILES string of the molecule is CCCNC(=O)c1nsc(C(=O)NCc2cc(F)cc(F)c2)c1N. The molecule has 0 radical (unpaired) electrons. The van der Waals surface area contributed by atoms with Gasteiger partial charge < -0.3 is 16.4 Å². The van der Waals surface area contributed by atoms with Gasteiger partial charge in [0.1, 0.15) is 16.5 Å². The van der Waals surface area contributed by atoms with Gasteiger partial charge in [0.2, 0.25) is 0 Å². The fourth-order valence-electron chi connectivity index (χ4n) is 1.92. The molecule has 0 aliphatic carbocycles. The van der Waals surface area contributed by atoms with Crippen molar-refractivity contribution < 1.29 is 18.4 Å². The largest absolute Gasteiger partial charge is 0.395 e. The van der Waals surface area contributed by atoms with E-state index in [0.717, 1.165) is 36.2 Å². The lowest BCUT2D eigenvalue weighted by molar-refractivity contribution is 0.0949. The number of rotatable bonds is 6. The van der Waals surface area contributed by atoms with E-state index in [4.69, 9.17) is 5.73 Å². The third-order valence-electron chi connectivity index (χ3n) is 3.06. The van der Waals surface area contributed by atoms with Crippen LogP contribution in [0.2, 0.25) is 0 Å².